The number of H-pyrrole nitrogens is 1. The van der Waals surface area contributed by atoms with Crippen molar-refractivity contribution < 1.29 is 0 Å². The summed E-state index contributed by atoms with van der Waals surface area (Å²) in [4.78, 5) is 6.67. The first-order valence-electron chi connectivity index (χ1n) is 6.99. The van der Waals surface area contributed by atoms with Crippen LogP contribution in [0.3, 0.4) is 0 Å². The second-order valence-electron chi connectivity index (χ2n) is 5.39. The monoisotopic (exact) mass is 259 g/mol. The van der Waals surface area contributed by atoms with E-state index >= 15 is 0 Å². The Morgan fingerprint density at radius 3 is 3.00 bits per heavy atom. The van der Waals surface area contributed by atoms with E-state index in [1.165, 1.54) is 24.2 Å². The molecule has 0 radical (unpaired) electrons. The van der Waals surface area contributed by atoms with Crippen LogP contribution in [0.5, 0.6) is 0 Å². The van der Waals surface area contributed by atoms with Gasteiger partial charge in [-0.25, -0.2) is 4.98 Å². The van der Waals surface area contributed by atoms with Gasteiger partial charge in [-0.2, -0.15) is 5.10 Å². The van der Waals surface area contributed by atoms with Crippen LogP contribution in [0, 0.1) is 0 Å². The fourth-order valence-electron chi connectivity index (χ4n) is 2.42. The molecule has 1 aliphatic rings. The Labute approximate surface area is 113 Å². The van der Waals surface area contributed by atoms with Crippen LogP contribution in [0.4, 0.5) is 0 Å². The van der Waals surface area contributed by atoms with Crippen molar-refractivity contribution in [2.45, 2.75) is 45.3 Å². The highest BCUT2D eigenvalue weighted by molar-refractivity contribution is 5.17. The van der Waals surface area contributed by atoms with Gasteiger partial charge in [0.15, 0.2) is 0 Å². The molecule has 2 heterocycles. The number of rotatable bonds is 6. The third kappa shape index (κ3) is 2.87. The molecule has 0 bridgehead atoms. The van der Waals surface area contributed by atoms with Crippen molar-refractivity contribution in [3.63, 3.8) is 0 Å². The van der Waals surface area contributed by atoms with E-state index in [4.69, 9.17) is 0 Å². The lowest BCUT2D eigenvalue weighted by Crippen LogP contribution is -2.20. The van der Waals surface area contributed by atoms with Crippen molar-refractivity contribution in [1.82, 2.24) is 24.6 Å². The lowest BCUT2D eigenvalue weighted by atomic mass is 10.2. The largest absolute Gasteiger partial charge is 0.334 e. The molecule has 0 amide bonds. The van der Waals surface area contributed by atoms with Gasteiger partial charge in [0.1, 0.15) is 5.82 Å². The fraction of sp³-hybridized carbons (Fsp3) is 0.571. The molecule has 1 N–H and O–H groups in total. The Kier molecular flexibility index (Phi) is 3.38. The van der Waals surface area contributed by atoms with Gasteiger partial charge >= 0.3 is 0 Å². The molecule has 1 saturated carbocycles. The molecule has 3 rings (SSSR count). The summed E-state index contributed by atoms with van der Waals surface area (Å²) in [5.74, 6) is 1.83. The molecule has 1 aliphatic carbocycles. The maximum Gasteiger partial charge on any atom is 0.122 e. The molecule has 5 heteroatoms. The SMILES string of the molecule is CCn1ccnc1CN(C)Cc1cc(C2CC2)n[nH]1. The van der Waals surface area contributed by atoms with Gasteiger partial charge in [0.2, 0.25) is 0 Å². The summed E-state index contributed by atoms with van der Waals surface area (Å²) < 4.78 is 2.18. The first kappa shape index (κ1) is 12.4. The van der Waals surface area contributed by atoms with Gasteiger partial charge in [0, 0.05) is 37.1 Å². The smallest absolute Gasteiger partial charge is 0.122 e. The van der Waals surface area contributed by atoms with Crippen molar-refractivity contribution in [3.8, 4) is 0 Å². The number of hydrogen-bond donors (Lipinski definition) is 1. The summed E-state index contributed by atoms with van der Waals surface area (Å²) in [6, 6.07) is 2.21. The number of aromatic nitrogens is 4. The predicted octanol–water partition coefficient (Wildman–Crippen LogP) is 2.14. The summed E-state index contributed by atoms with van der Waals surface area (Å²) in [5.41, 5.74) is 2.43. The van der Waals surface area contributed by atoms with Crippen LogP contribution < -0.4 is 0 Å². The molecule has 19 heavy (non-hydrogen) atoms. The molecule has 0 unspecified atom stereocenters. The number of nitrogens with one attached hydrogen (secondary N) is 1. The van der Waals surface area contributed by atoms with Crippen molar-refractivity contribution in [2.75, 3.05) is 7.05 Å². The van der Waals surface area contributed by atoms with Gasteiger partial charge in [-0.15, -0.1) is 0 Å². The van der Waals surface area contributed by atoms with E-state index in [1.54, 1.807) is 0 Å². The van der Waals surface area contributed by atoms with E-state index in [0.29, 0.717) is 5.92 Å². The molecule has 0 saturated heterocycles. The second kappa shape index (κ2) is 5.17. The van der Waals surface area contributed by atoms with Gasteiger partial charge in [-0.3, -0.25) is 10.00 Å². The lowest BCUT2D eigenvalue weighted by Gasteiger charge is -2.15. The average molecular weight is 259 g/mol. The molecule has 2 aromatic heterocycles. The normalized spacial score (nSPS) is 15.3. The highest BCUT2D eigenvalue weighted by Crippen LogP contribution is 2.39. The van der Waals surface area contributed by atoms with Crippen molar-refractivity contribution in [1.29, 1.82) is 0 Å². The number of nitrogens with zero attached hydrogens (tertiary/aromatic N) is 4. The molecule has 0 aromatic carbocycles. The average Bonchev–Trinajstić information content (AvgIpc) is 2.98. The number of aryl methyl sites for hydroxylation is 1. The van der Waals surface area contributed by atoms with Crippen LogP contribution in [0.25, 0.3) is 0 Å². The van der Waals surface area contributed by atoms with E-state index in [-0.39, 0.29) is 0 Å². The first-order chi connectivity index (χ1) is 9.26. The van der Waals surface area contributed by atoms with Crippen LogP contribution in [0.1, 0.15) is 42.9 Å². The summed E-state index contributed by atoms with van der Waals surface area (Å²) in [6.07, 6.45) is 6.50. The molecule has 5 nitrogen and oxygen atoms in total. The fourth-order valence-corrected chi connectivity index (χ4v) is 2.42. The molecule has 0 atom stereocenters. The summed E-state index contributed by atoms with van der Waals surface area (Å²) in [7, 11) is 2.12. The summed E-state index contributed by atoms with van der Waals surface area (Å²) >= 11 is 0. The molecule has 1 fully saturated rings. The van der Waals surface area contributed by atoms with Crippen LogP contribution in [-0.2, 0) is 19.6 Å². The second-order valence-corrected chi connectivity index (χ2v) is 5.39. The van der Waals surface area contributed by atoms with Crippen LogP contribution in [0.2, 0.25) is 0 Å². The topological polar surface area (TPSA) is 49.7 Å². The molecule has 0 aliphatic heterocycles. The van der Waals surface area contributed by atoms with Crippen LogP contribution >= 0.6 is 0 Å². The summed E-state index contributed by atoms with van der Waals surface area (Å²) in [5, 5.41) is 7.54. The van der Waals surface area contributed by atoms with Crippen molar-refractivity contribution in [3.05, 3.63) is 35.7 Å². The predicted molar refractivity (Wildman–Crippen MR) is 73.6 cm³/mol. The number of hydrogen-bond acceptors (Lipinski definition) is 3. The van der Waals surface area contributed by atoms with Gasteiger partial charge in [0.05, 0.1) is 12.2 Å². The van der Waals surface area contributed by atoms with E-state index in [1.807, 2.05) is 12.4 Å². The Morgan fingerprint density at radius 2 is 2.26 bits per heavy atom. The van der Waals surface area contributed by atoms with E-state index < -0.39 is 0 Å². The Bertz CT molecular complexity index is 538. The standard InChI is InChI=1S/C14H21N5/c1-3-19-7-6-15-14(19)10-18(2)9-12-8-13(17-16-12)11-4-5-11/h6-8,11H,3-5,9-10H2,1-2H3,(H,16,17). The zero-order valence-electron chi connectivity index (χ0n) is 11.6. The zero-order valence-corrected chi connectivity index (χ0v) is 11.6. The van der Waals surface area contributed by atoms with Gasteiger partial charge < -0.3 is 4.57 Å². The molecular formula is C14H21N5. The third-order valence-corrected chi connectivity index (χ3v) is 3.64. The lowest BCUT2D eigenvalue weighted by molar-refractivity contribution is 0.301. The van der Waals surface area contributed by atoms with Crippen molar-refractivity contribution >= 4 is 0 Å². The summed E-state index contributed by atoms with van der Waals surface area (Å²) in [6.45, 7) is 4.86. The minimum absolute atomic E-state index is 0.717. The molecule has 0 spiro atoms. The maximum absolute atomic E-state index is 4.41. The third-order valence-electron chi connectivity index (χ3n) is 3.64. The molecule has 2 aromatic rings. The Hall–Kier alpha value is -1.62. The van der Waals surface area contributed by atoms with Crippen molar-refractivity contribution in [2.24, 2.45) is 0 Å². The zero-order chi connectivity index (χ0) is 13.2. The quantitative estimate of drug-likeness (QED) is 0.864. The molecule has 102 valence electrons. The Morgan fingerprint density at radius 1 is 1.42 bits per heavy atom. The Balaban J connectivity index is 1.59. The number of imidazole rings is 1. The first-order valence-corrected chi connectivity index (χ1v) is 6.99. The van der Waals surface area contributed by atoms with Crippen LogP contribution in [0.15, 0.2) is 18.5 Å². The highest BCUT2D eigenvalue weighted by Gasteiger charge is 2.26. The molecular weight excluding hydrogens is 238 g/mol. The van der Waals surface area contributed by atoms with E-state index in [9.17, 15) is 0 Å². The van der Waals surface area contributed by atoms with Gasteiger partial charge in [-0.1, -0.05) is 0 Å². The maximum atomic E-state index is 4.41. The van der Waals surface area contributed by atoms with E-state index in [0.717, 1.165) is 25.5 Å². The highest BCUT2D eigenvalue weighted by atomic mass is 15.2. The number of aromatic amines is 1. The van der Waals surface area contributed by atoms with Gasteiger partial charge in [-0.05, 0) is 32.9 Å². The minimum Gasteiger partial charge on any atom is -0.334 e. The van der Waals surface area contributed by atoms with Gasteiger partial charge in [0.25, 0.3) is 0 Å². The van der Waals surface area contributed by atoms with Crippen LogP contribution in [-0.4, -0.2) is 31.7 Å². The minimum atomic E-state index is 0.717. The van der Waals surface area contributed by atoms with E-state index in [2.05, 4.69) is 44.7 Å².